The minimum atomic E-state index is -0.120. The Bertz CT molecular complexity index is 994. The van der Waals surface area contributed by atoms with E-state index in [0.717, 1.165) is 41.2 Å². The predicted molar refractivity (Wildman–Crippen MR) is 141 cm³/mol. The summed E-state index contributed by atoms with van der Waals surface area (Å²) in [4.78, 5) is 16.5. The molecule has 34 heavy (non-hydrogen) atoms. The summed E-state index contributed by atoms with van der Waals surface area (Å²) in [6, 6.07) is 16.3. The van der Waals surface area contributed by atoms with Gasteiger partial charge in [0.05, 0.1) is 18.6 Å². The summed E-state index contributed by atoms with van der Waals surface area (Å²) < 4.78 is 11.4. The van der Waals surface area contributed by atoms with Gasteiger partial charge < -0.3 is 19.7 Å². The molecule has 0 aromatic heterocycles. The van der Waals surface area contributed by atoms with E-state index in [1.807, 2.05) is 42.5 Å². The summed E-state index contributed by atoms with van der Waals surface area (Å²) in [5, 5.41) is 3.60. The molecule has 1 amide bonds. The van der Waals surface area contributed by atoms with E-state index in [1.165, 1.54) is 19.3 Å². The average Bonchev–Trinajstić information content (AvgIpc) is 3.15. The Morgan fingerprint density at radius 3 is 2.65 bits per heavy atom. The number of unbranched alkanes of at least 4 members (excludes halogenated alkanes) is 1. The number of hydrogen-bond acceptors (Lipinski definition) is 5. The van der Waals surface area contributed by atoms with Crippen LogP contribution in [0.2, 0.25) is 0 Å². The summed E-state index contributed by atoms with van der Waals surface area (Å²) in [5.74, 6) is 2.04. The monoisotopic (exact) mass is 480 g/mol. The topological polar surface area (TPSA) is 50.8 Å². The highest BCUT2D eigenvalue weighted by atomic mass is 32.2. The first-order chi connectivity index (χ1) is 16.6. The summed E-state index contributed by atoms with van der Waals surface area (Å²) >= 11 is 1.60. The Hall–Kier alpha value is -2.60. The molecule has 5 nitrogen and oxygen atoms in total. The molecule has 2 aliphatic rings. The van der Waals surface area contributed by atoms with Gasteiger partial charge in [-0.1, -0.05) is 69.1 Å². The van der Waals surface area contributed by atoms with Gasteiger partial charge in [0.2, 0.25) is 0 Å². The van der Waals surface area contributed by atoms with Crippen LogP contribution in [0.15, 0.2) is 53.4 Å². The fourth-order valence-electron chi connectivity index (χ4n) is 4.74. The molecule has 1 saturated carbocycles. The lowest BCUT2D eigenvalue weighted by Crippen LogP contribution is -2.48. The van der Waals surface area contributed by atoms with E-state index in [9.17, 15) is 4.79 Å². The van der Waals surface area contributed by atoms with Crippen molar-refractivity contribution in [2.24, 2.45) is 5.92 Å². The highest BCUT2D eigenvalue weighted by Crippen LogP contribution is 2.42. The second kappa shape index (κ2) is 11.7. The largest absolute Gasteiger partial charge is 0.493 e. The average molecular weight is 481 g/mol. The zero-order valence-corrected chi connectivity index (χ0v) is 21.3. The normalized spacial score (nSPS) is 23.9. The lowest BCUT2D eigenvalue weighted by atomic mass is 9.85. The van der Waals surface area contributed by atoms with Crippen molar-refractivity contribution in [1.82, 2.24) is 4.90 Å². The van der Waals surface area contributed by atoms with Crippen molar-refractivity contribution in [2.75, 3.05) is 19.0 Å². The minimum Gasteiger partial charge on any atom is -0.493 e. The van der Waals surface area contributed by atoms with Crippen molar-refractivity contribution >= 4 is 29.4 Å². The van der Waals surface area contributed by atoms with Crippen LogP contribution >= 0.6 is 11.8 Å². The van der Waals surface area contributed by atoms with Gasteiger partial charge in [0, 0.05) is 11.7 Å². The lowest BCUT2D eigenvalue weighted by molar-refractivity contribution is -0.129. The van der Waals surface area contributed by atoms with Gasteiger partial charge in [-0.05, 0) is 61.1 Å². The number of benzene rings is 2. The number of methoxy groups -OCH3 is 1. The van der Waals surface area contributed by atoms with Gasteiger partial charge in [0.25, 0.3) is 5.91 Å². The van der Waals surface area contributed by atoms with E-state index < -0.39 is 0 Å². The molecule has 3 atom stereocenters. The Morgan fingerprint density at radius 2 is 1.91 bits per heavy atom. The summed E-state index contributed by atoms with van der Waals surface area (Å²) in [7, 11) is 1.65. The Kier molecular flexibility index (Phi) is 8.44. The number of nitrogens with one attached hydrogen (secondary N) is 1. The molecule has 2 aromatic carbocycles. The van der Waals surface area contributed by atoms with Crippen LogP contribution in [0.1, 0.15) is 57.9 Å². The van der Waals surface area contributed by atoms with Gasteiger partial charge in [0.15, 0.2) is 17.0 Å². The molecule has 1 heterocycles. The molecule has 1 aliphatic heterocycles. The van der Waals surface area contributed by atoms with Crippen LogP contribution in [0.25, 0.3) is 6.08 Å². The second-order valence-electron chi connectivity index (χ2n) is 9.14. The van der Waals surface area contributed by atoms with Crippen molar-refractivity contribution in [1.29, 1.82) is 0 Å². The molecule has 4 rings (SSSR count). The maximum atomic E-state index is 13.7. The summed E-state index contributed by atoms with van der Waals surface area (Å²) in [6.07, 6.45) is 8.73. The molecular formula is C28H36N2O3S. The Morgan fingerprint density at radius 1 is 1.12 bits per heavy atom. The third-order valence-electron chi connectivity index (χ3n) is 6.66. The third-order valence-corrected chi connectivity index (χ3v) is 7.78. The van der Waals surface area contributed by atoms with E-state index in [2.05, 4.69) is 36.2 Å². The SMILES string of the molecule is CCCCOc1ccc(/C=C2\SC(Nc3ccccc3)N([C@H]3CCCC[C@H]3C)C2=O)cc1OC. The highest BCUT2D eigenvalue weighted by Gasteiger charge is 2.42. The van der Waals surface area contributed by atoms with Gasteiger partial charge in [-0.3, -0.25) is 4.79 Å². The van der Waals surface area contributed by atoms with Crippen LogP contribution in [0, 0.1) is 5.92 Å². The standard InChI is InChI=1S/C28H36N2O3S/c1-4-5-17-33-24-16-15-21(18-25(24)32-3)19-26-27(31)30(23-14-10-9-11-20(23)2)28(34-26)29-22-12-7-6-8-13-22/h6-8,12-13,15-16,18-20,23,28-29H,4-5,9-11,14,17H2,1-3H3/b26-19-/t20-,23+,28?/m1/s1. The molecule has 182 valence electrons. The van der Waals surface area contributed by atoms with Gasteiger partial charge in [-0.2, -0.15) is 0 Å². The number of amides is 1. The number of carbonyl (C=O) groups is 1. The summed E-state index contributed by atoms with van der Waals surface area (Å²) in [6.45, 7) is 5.09. The quantitative estimate of drug-likeness (QED) is 0.317. The first-order valence-corrected chi connectivity index (χ1v) is 13.3. The van der Waals surface area contributed by atoms with Crippen molar-refractivity contribution in [3.63, 3.8) is 0 Å². The molecule has 2 fully saturated rings. The first-order valence-electron chi connectivity index (χ1n) is 12.4. The van der Waals surface area contributed by atoms with Gasteiger partial charge in [-0.15, -0.1) is 0 Å². The Balaban J connectivity index is 1.59. The molecule has 0 spiro atoms. The predicted octanol–water partition coefficient (Wildman–Crippen LogP) is 6.76. The number of anilines is 1. The fraction of sp³-hybridized carbons (Fsp3) is 0.464. The molecule has 2 aromatic rings. The molecule has 0 bridgehead atoms. The number of carbonyl (C=O) groups excluding carboxylic acids is 1. The molecule has 1 saturated heterocycles. The van der Waals surface area contributed by atoms with E-state index in [-0.39, 0.29) is 17.4 Å². The Labute approximate surface area is 207 Å². The van der Waals surface area contributed by atoms with Crippen LogP contribution in [0.5, 0.6) is 11.5 Å². The third kappa shape index (κ3) is 5.72. The van der Waals surface area contributed by atoms with Crippen LogP contribution < -0.4 is 14.8 Å². The molecule has 1 N–H and O–H groups in total. The number of ether oxygens (including phenoxy) is 2. The van der Waals surface area contributed by atoms with E-state index >= 15 is 0 Å². The van der Waals surface area contributed by atoms with Crippen molar-refractivity contribution < 1.29 is 14.3 Å². The van der Waals surface area contributed by atoms with Crippen LogP contribution in [-0.2, 0) is 4.79 Å². The zero-order valence-electron chi connectivity index (χ0n) is 20.5. The van der Waals surface area contributed by atoms with Crippen LogP contribution in [0.4, 0.5) is 5.69 Å². The van der Waals surface area contributed by atoms with Gasteiger partial charge in [-0.25, -0.2) is 0 Å². The van der Waals surface area contributed by atoms with Crippen molar-refractivity contribution in [3.8, 4) is 11.5 Å². The number of hydrogen-bond donors (Lipinski definition) is 1. The van der Waals surface area contributed by atoms with Gasteiger partial charge in [0.1, 0.15) is 0 Å². The highest BCUT2D eigenvalue weighted by molar-refractivity contribution is 8.05. The van der Waals surface area contributed by atoms with E-state index in [4.69, 9.17) is 9.47 Å². The number of thioether (sulfide) groups is 1. The van der Waals surface area contributed by atoms with Crippen molar-refractivity contribution in [2.45, 2.75) is 63.9 Å². The van der Waals surface area contributed by atoms with Crippen LogP contribution in [-0.4, -0.2) is 36.1 Å². The van der Waals surface area contributed by atoms with Crippen molar-refractivity contribution in [3.05, 3.63) is 59.0 Å². The minimum absolute atomic E-state index is 0.111. The molecule has 1 aliphatic carbocycles. The van der Waals surface area contributed by atoms with Gasteiger partial charge >= 0.3 is 0 Å². The van der Waals surface area contributed by atoms with Crippen LogP contribution in [0.3, 0.4) is 0 Å². The molecule has 0 radical (unpaired) electrons. The molecule has 6 heteroatoms. The number of para-hydroxylation sites is 1. The van der Waals surface area contributed by atoms with E-state index in [1.54, 1.807) is 18.9 Å². The second-order valence-corrected chi connectivity index (χ2v) is 10.3. The number of rotatable bonds is 9. The zero-order chi connectivity index (χ0) is 23.9. The lowest BCUT2D eigenvalue weighted by Gasteiger charge is -2.39. The van der Waals surface area contributed by atoms with E-state index in [0.29, 0.717) is 18.3 Å². The molecular weight excluding hydrogens is 444 g/mol. The number of nitrogens with zero attached hydrogens (tertiary/aromatic N) is 1. The molecule has 1 unspecified atom stereocenters. The fourth-order valence-corrected chi connectivity index (χ4v) is 5.95. The summed E-state index contributed by atoms with van der Waals surface area (Å²) in [5.41, 5.74) is 1.84. The smallest absolute Gasteiger partial charge is 0.262 e. The maximum Gasteiger partial charge on any atom is 0.262 e. The first kappa shape index (κ1) is 24.5. The maximum absolute atomic E-state index is 13.7.